The Morgan fingerprint density at radius 2 is 2.17 bits per heavy atom. The van der Waals surface area contributed by atoms with Gasteiger partial charge in [0.05, 0.1) is 23.9 Å². The monoisotopic (exact) mass is 342 g/mol. The molecule has 23 heavy (non-hydrogen) atoms. The maximum absolute atomic E-state index is 11.5. The van der Waals surface area contributed by atoms with Gasteiger partial charge in [-0.1, -0.05) is 0 Å². The summed E-state index contributed by atoms with van der Waals surface area (Å²) in [6.07, 6.45) is 8.40. The van der Waals surface area contributed by atoms with E-state index in [1.165, 1.54) is 11.9 Å². The van der Waals surface area contributed by atoms with Crippen LogP contribution in [-0.2, 0) is 28.4 Å². The predicted molar refractivity (Wildman–Crippen MR) is 87.4 cm³/mol. The van der Waals surface area contributed by atoms with Crippen LogP contribution in [0.2, 0.25) is 0 Å². The maximum atomic E-state index is 11.5. The molecule has 1 atom stereocenters. The quantitative estimate of drug-likeness (QED) is 0.861. The van der Waals surface area contributed by atoms with E-state index < -0.39 is 10.0 Å². The number of aryl methyl sites for hydroxylation is 1. The molecule has 0 unspecified atom stereocenters. The highest BCUT2D eigenvalue weighted by atomic mass is 32.2. The third-order valence-corrected chi connectivity index (χ3v) is 5.70. The predicted octanol–water partition coefficient (Wildman–Crippen LogP) is 0.483. The van der Waals surface area contributed by atoms with E-state index in [-0.39, 0.29) is 11.6 Å². The molecule has 1 aromatic heterocycles. The van der Waals surface area contributed by atoms with Crippen LogP contribution in [-0.4, -0.2) is 60.5 Å². The summed E-state index contributed by atoms with van der Waals surface area (Å²) in [7, 11) is -1.14. The summed E-state index contributed by atoms with van der Waals surface area (Å²) in [5, 5.41) is 0. The molecule has 0 aromatic carbocycles. The summed E-state index contributed by atoms with van der Waals surface area (Å²) in [6, 6.07) is 0.00220. The van der Waals surface area contributed by atoms with Crippen molar-refractivity contribution >= 4 is 10.0 Å². The number of rotatable bonds is 4. The van der Waals surface area contributed by atoms with Gasteiger partial charge in [0.1, 0.15) is 0 Å². The molecule has 2 aliphatic rings. The molecular weight excluding hydrogens is 316 g/mol. The van der Waals surface area contributed by atoms with Crippen molar-refractivity contribution in [2.24, 2.45) is 7.05 Å². The number of imidazole rings is 1. The number of sulfonamides is 1. The lowest BCUT2D eigenvalue weighted by atomic mass is 9.82. The summed E-state index contributed by atoms with van der Waals surface area (Å²) >= 11 is 0. The fourth-order valence-corrected chi connectivity index (χ4v) is 4.47. The van der Waals surface area contributed by atoms with E-state index in [2.05, 4.69) is 14.6 Å². The van der Waals surface area contributed by atoms with Crippen molar-refractivity contribution in [1.29, 1.82) is 0 Å². The van der Waals surface area contributed by atoms with Crippen molar-refractivity contribution in [2.45, 2.75) is 43.9 Å². The molecule has 0 radical (unpaired) electrons. The third-order valence-electron chi connectivity index (χ3n) is 4.94. The van der Waals surface area contributed by atoms with E-state index in [9.17, 15) is 8.42 Å². The molecular formula is C15H26N4O3S. The highest BCUT2D eigenvalue weighted by Crippen LogP contribution is 2.35. The molecule has 1 aromatic rings. The van der Waals surface area contributed by atoms with E-state index in [1.54, 1.807) is 0 Å². The topological polar surface area (TPSA) is 76.5 Å². The molecule has 0 bridgehead atoms. The van der Waals surface area contributed by atoms with Crippen molar-refractivity contribution in [1.82, 2.24) is 19.2 Å². The van der Waals surface area contributed by atoms with Gasteiger partial charge in [-0.3, -0.25) is 4.90 Å². The van der Waals surface area contributed by atoms with Crippen molar-refractivity contribution in [3.05, 3.63) is 18.2 Å². The molecule has 2 aliphatic heterocycles. The number of hydrogen-bond acceptors (Lipinski definition) is 5. The maximum Gasteiger partial charge on any atom is 0.208 e. The minimum atomic E-state index is -3.15. The molecule has 0 aliphatic carbocycles. The van der Waals surface area contributed by atoms with Crippen molar-refractivity contribution < 1.29 is 13.2 Å². The van der Waals surface area contributed by atoms with Crippen LogP contribution in [0.1, 0.15) is 31.4 Å². The van der Waals surface area contributed by atoms with E-state index >= 15 is 0 Å². The van der Waals surface area contributed by atoms with Gasteiger partial charge in [0.15, 0.2) is 0 Å². The van der Waals surface area contributed by atoms with Crippen molar-refractivity contribution in [2.75, 3.05) is 26.0 Å². The lowest BCUT2D eigenvalue weighted by Crippen LogP contribution is -2.53. The molecule has 7 nitrogen and oxygen atoms in total. The van der Waals surface area contributed by atoms with Gasteiger partial charge in [-0.2, -0.15) is 0 Å². The molecule has 3 heterocycles. The first-order valence-corrected chi connectivity index (χ1v) is 10.0. The van der Waals surface area contributed by atoms with Gasteiger partial charge in [0.2, 0.25) is 10.0 Å². The molecule has 0 amide bonds. The Bertz CT molecular complexity index is 635. The number of piperidine rings is 1. The Morgan fingerprint density at radius 1 is 1.43 bits per heavy atom. The zero-order chi connectivity index (χ0) is 16.5. The molecule has 130 valence electrons. The van der Waals surface area contributed by atoms with Crippen LogP contribution < -0.4 is 4.72 Å². The van der Waals surface area contributed by atoms with E-state index in [0.29, 0.717) is 6.61 Å². The zero-order valence-corrected chi connectivity index (χ0v) is 14.7. The van der Waals surface area contributed by atoms with Gasteiger partial charge in [-0.05, 0) is 25.7 Å². The number of ether oxygens (including phenoxy) is 1. The molecule has 2 saturated heterocycles. The molecule has 2 fully saturated rings. The van der Waals surface area contributed by atoms with E-state index in [1.807, 2.05) is 24.1 Å². The normalized spacial score (nSPS) is 25.7. The molecule has 3 rings (SSSR count). The van der Waals surface area contributed by atoms with Crippen LogP contribution in [0.25, 0.3) is 0 Å². The van der Waals surface area contributed by atoms with E-state index in [0.717, 1.165) is 45.3 Å². The molecule has 1 N–H and O–H groups in total. The highest BCUT2D eigenvalue weighted by molar-refractivity contribution is 7.88. The lowest BCUT2D eigenvalue weighted by molar-refractivity contribution is -0.118. The van der Waals surface area contributed by atoms with Gasteiger partial charge >= 0.3 is 0 Å². The SMILES string of the molecule is Cn1cncc1CN1CCC2(CC1)C[C@H](NS(C)(=O)=O)CCO2. The van der Waals surface area contributed by atoms with Crippen molar-refractivity contribution in [3.8, 4) is 0 Å². The fraction of sp³-hybridized carbons (Fsp3) is 0.800. The Morgan fingerprint density at radius 3 is 2.78 bits per heavy atom. The summed E-state index contributed by atoms with van der Waals surface area (Å²) in [6.45, 7) is 3.47. The largest absolute Gasteiger partial charge is 0.375 e. The van der Waals surface area contributed by atoms with Gasteiger partial charge in [-0.15, -0.1) is 0 Å². The number of hydrogen-bond donors (Lipinski definition) is 1. The molecule has 8 heteroatoms. The van der Waals surface area contributed by atoms with Gasteiger partial charge in [-0.25, -0.2) is 18.1 Å². The van der Waals surface area contributed by atoms with Crippen molar-refractivity contribution in [3.63, 3.8) is 0 Å². The molecule has 0 saturated carbocycles. The van der Waals surface area contributed by atoms with Gasteiger partial charge in [0, 0.05) is 45.5 Å². The first-order valence-electron chi connectivity index (χ1n) is 8.14. The highest BCUT2D eigenvalue weighted by Gasteiger charge is 2.40. The fourth-order valence-electron chi connectivity index (χ4n) is 3.66. The number of likely N-dealkylation sites (tertiary alicyclic amines) is 1. The minimum absolute atomic E-state index is 0.00220. The Labute approximate surface area is 138 Å². The lowest BCUT2D eigenvalue weighted by Gasteiger charge is -2.46. The Kier molecular flexibility index (Phi) is 4.78. The van der Waals surface area contributed by atoms with Crippen LogP contribution in [0, 0.1) is 0 Å². The van der Waals surface area contributed by atoms with E-state index in [4.69, 9.17) is 4.74 Å². The second-order valence-corrected chi connectivity index (χ2v) is 8.66. The minimum Gasteiger partial charge on any atom is -0.375 e. The molecule has 1 spiro atoms. The van der Waals surface area contributed by atoms with Gasteiger partial charge in [0.25, 0.3) is 0 Å². The first kappa shape index (κ1) is 16.9. The Hall–Kier alpha value is -0.960. The second-order valence-electron chi connectivity index (χ2n) is 6.88. The summed E-state index contributed by atoms with van der Waals surface area (Å²) in [5.41, 5.74) is 1.05. The van der Waals surface area contributed by atoms with Crippen LogP contribution in [0.5, 0.6) is 0 Å². The van der Waals surface area contributed by atoms with Crippen LogP contribution >= 0.6 is 0 Å². The van der Waals surface area contributed by atoms with Crippen LogP contribution in [0.15, 0.2) is 12.5 Å². The summed E-state index contributed by atoms with van der Waals surface area (Å²) < 4.78 is 33.8. The van der Waals surface area contributed by atoms with Crippen LogP contribution in [0.3, 0.4) is 0 Å². The Balaban J connectivity index is 1.56. The second kappa shape index (κ2) is 6.51. The summed E-state index contributed by atoms with van der Waals surface area (Å²) in [5.74, 6) is 0. The first-order chi connectivity index (χ1) is 10.9. The zero-order valence-electron chi connectivity index (χ0n) is 13.9. The standard InChI is InChI=1S/C15H26N4O3S/c1-18-12-16-10-14(18)11-19-6-4-15(5-7-19)9-13(3-8-22-15)17-23(2,20)21/h10,12-13,17H,3-9,11H2,1-2H3/t13-/m1/s1. The van der Waals surface area contributed by atoms with Gasteiger partial charge < -0.3 is 9.30 Å². The van der Waals surface area contributed by atoms with Crippen LogP contribution in [0.4, 0.5) is 0 Å². The average Bonchev–Trinajstić information content (AvgIpc) is 2.85. The smallest absolute Gasteiger partial charge is 0.208 e. The number of nitrogens with zero attached hydrogens (tertiary/aromatic N) is 3. The summed E-state index contributed by atoms with van der Waals surface area (Å²) in [4.78, 5) is 6.58. The average molecular weight is 342 g/mol. The number of nitrogens with one attached hydrogen (secondary N) is 1. The number of aromatic nitrogens is 2. The third kappa shape index (κ3) is 4.32.